The van der Waals surface area contributed by atoms with Gasteiger partial charge >= 0.3 is 0 Å². The topological polar surface area (TPSA) is 85.8 Å². The average molecular weight is 248 g/mol. The zero-order chi connectivity index (χ0) is 13.1. The van der Waals surface area contributed by atoms with E-state index in [0.717, 1.165) is 12.1 Å². The summed E-state index contributed by atoms with van der Waals surface area (Å²) in [5, 5.41) is 15.0. The molecule has 0 spiro atoms. The van der Waals surface area contributed by atoms with Gasteiger partial charge in [-0.2, -0.15) is 0 Å². The molecule has 2 atom stereocenters. The molecule has 1 aromatic carbocycles. The van der Waals surface area contributed by atoms with Gasteiger partial charge in [-0.3, -0.25) is 4.79 Å². The summed E-state index contributed by atoms with van der Waals surface area (Å²) in [6.45, 7) is 2.15. The molecule has 1 aromatic rings. The van der Waals surface area contributed by atoms with Crippen LogP contribution in [0.3, 0.4) is 0 Å². The Hall–Kier alpha value is -1.88. The van der Waals surface area contributed by atoms with Crippen LogP contribution >= 0.6 is 0 Å². The van der Waals surface area contributed by atoms with Gasteiger partial charge in [0.1, 0.15) is 6.54 Å². The number of rotatable bonds is 3. The normalized spacial score (nSPS) is 19.7. The molecule has 0 radical (unpaired) electrons. The lowest BCUT2D eigenvalue weighted by Gasteiger charge is -2.24. The van der Waals surface area contributed by atoms with Gasteiger partial charge in [-0.05, 0) is 12.5 Å². The van der Waals surface area contributed by atoms with Crippen molar-refractivity contribution in [1.29, 1.82) is 0 Å². The van der Waals surface area contributed by atoms with E-state index < -0.39 is 12.0 Å². The highest BCUT2D eigenvalue weighted by Gasteiger charge is 2.28. The number of hydrogen-bond donors (Lipinski definition) is 2. The van der Waals surface area contributed by atoms with Crippen LogP contribution in [-0.2, 0) is 22.6 Å². The van der Waals surface area contributed by atoms with Gasteiger partial charge in [0.05, 0.1) is 12.0 Å². The number of hydrogen-bond acceptors (Lipinski definition) is 3. The average Bonchev–Trinajstić information content (AvgIpc) is 2.37. The van der Waals surface area contributed by atoms with Crippen molar-refractivity contribution >= 4 is 11.9 Å². The first-order chi connectivity index (χ1) is 8.58. The lowest BCUT2D eigenvalue weighted by Crippen LogP contribution is -2.93. The maximum Gasteiger partial charge on any atom is 0.279 e. The summed E-state index contributed by atoms with van der Waals surface area (Å²) >= 11 is 0. The highest BCUT2D eigenvalue weighted by atomic mass is 16.4. The summed E-state index contributed by atoms with van der Waals surface area (Å²) < 4.78 is 0. The molecule has 1 heterocycles. The Bertz CT molecular complexity index is 473. The number of fused-ring (bicyclic) bond motifs is 1. The maximum atomic E-state index is 11.9. The summed E-state index contributed by atoms with van der Waals surface area (Å²) in [7, 11) is 0. The Morgan fingerprint density at radius 1 is 1.39 bits per heavy atom. The van der Waals surface area contributed by atoms with Gasteiger partial charge < -0.3 is 20.5 Å². The van der Waals surface area contributed by atoms with E-state index in [1.807, 2.05) is 29.6 Å². The van der Waals surface area contributed by atoms with Crippen molar-refractivity contribution in [3.63, 3.8) is 0 Å². The van der Waals surface area contributed by atoms with E-state index in [1.165, 1.54) is 12.5 Å². The van der Waals surface area contributed by atoms with Crippen LogP contribution in [0.25, 0.3) is 0 Å². The van der Waals surface area contributed by atoms with E-state index in [0.29, 0.717) is 6.42 Å². The van der Waals surface area contributed by atoms with Crippen LogP contribution in [0.5, 0.6) is 0 Å². The van der Waals surface area contributed by atoms with Crippen LogP contribution < -0.4 is 15.7 Å². The molecule has 0 bridgehead atoms. The Kier molecular flexibility index (Phi) is 3.62. The van der Waals surface area contributed by atoms with Crippen LogP contribution in [0.2, 0.25) is 0 Å². The summed E-state index contributed by atoms with van der Waals surface area (Å²) in [4.78, 5) is 22.5. The third-order valence-electron chi connectivity index (χ3n) is 3.23. The van der Waals surface area contributed by atoms with Crippen molar-refractivity contribution in [2.45, 2.75) is 32.0 Å². The zero-order valence-electron chi connectivity index (χ0n) is 10.2. The minimum absolute atomic E-state index is 0.249. The molecule has 0 aliphatic carbocycles. The van der Waals surface area contributed by atoms with Crippen molar-refractivity contribution in [3.05, 3.63) is 35.4 Å². The number of amides is 1. The third kappa shape index (κ3) is 2.68. The van der Waals surface area contributed by atoms with E-state index in [1.54, 1.807) is 0 Å². The second-order valence-electron chi connectivity index (χ2n) is 4.57. The van der Waals surface area contributed by atoms with E-state index in [9.17, 15) is 14.7 Å². The lowest BCUT2D eigenvalue weighted by atomic mass is 9.95. The SMILES string of the molecule is C[C@@H](NC(=O)[C@@H]1Cc2ccccc2C[NH2+]1)C(=O)[O-]. The minimum Gasteiger partial charge on any atom is -0.548 e. The fourth-order valence-electron chi connectivity index (χ4n) is 2.12. The smallest absolute Gasteiger partial charge is 0.279 e. The standard InChI is InChI=1S/C13H16N2O3/c1-8(13(17)18)15-12(16)11-6-9-4-2-3-5-10(9)7-14-11/h2-5,8,11,14H,6-7H2,1H3,(H,15,16)(H,17,18)/t8-,11+/m1/s1. The molecule has 3 N–H and O–H groups in total. The number of nitrogens with two attached hydrogens (primary N) is 1. The van der Waals surface area contributed by atoms with E-state index in [4.69, 9.17) is 0 Å². The monoisotopic (exact) mass is 248 g/mol. The Balaban J connectivity index is 2.00. The van der Waals surface area contributed by atoms with Crippen molar-refractivity contribution in [1.82, 2.24) is 5.32 Å². The highest BCUT2D eigenvalue weighted by Crippen LogP contribution is 2.12. The van der Waals surface area contributed by atoms with Crippen LogP contribution in [0.1, 0.15) is 18.1 Å². The predicted octanol–water partition coefficient (Wildman–Crippen LogP) is -2.07. The first-order valence-corrected chi connectivity index (χ1v) is 5.99. The van der Waals surface area contributed by atoms with Crippen molar-refractivity contribution in [3.8, 4) is 0 Å². The highest BCUT2D eigenvalue weighted by molar-refractivity contribution is 5.85. The number of carbonyl (C=O) groups is 2. The van der Waals surface area contributed by atoms with Gasteiger partial charge in [-0.15, -0.1) is 0 Å². The molecule has 0 fully saturated rings. The molecular formula is C13H16N2O3. The number of benzene rings is 1. The van der Waals surface area contributed by atoms with Crippen LogP contribution in [0.4, 0.5) is 0 Å². The predicted molar refractivity (Wildman–Crippen MR) is 62.2 cm³/mol. The van der Waals surface area contributed by atoms with Gasteiger partial charge in [0.2, 0.25) is 0 Å². The molecule has 0 saturated carbocycles. The van der Waals surface area contributed by atoms with Crippen molar-refractivity contribution in [2.24, 2.45) is 0 Å². The first kappa shape index (κ1) is 12.6. The molecule has 0 saturated heterocycles. The van der Waals surface area contributed by atoms with Gasteiger partial charge in [0.15, 0.2) is 6.04 Å². The Morgan fingerprint density at radius 2 is 2.06 bits per heavy atom. The number of aliphatic carboxylic acids is 1. The largest absolute Gasteiger partial charge is 0.548 e. The molecule has 96 valence electrons. The quantitative estimate of drug-likeness (QED) is 0.644. The third-order valence-corrected chi connectivity index (χ3v) is 3.23. The van der Waals surface area contributed by atoms with E-state index in [2.05, 4.69) is 5.32 Å². The number of carbonyl (C=O) groups excluding carboxylic acids is 2. The Morgan fingerprint density at radius 3 is 2.72 bits per heavy atom. The fraction of sp³-hybridized carbons (Fsp3) is 0.385. The van der Waals surface area contributed by atoms with Crippen LogP contribution in [0.15, 0.2) is 24.3 Å². The van der Waals surface area contributed by atoms with E-state index >= 15 is 0 Å². The molecule has 0 unspecified atom stereocenters. The summed E-state index contributed by atoms with van der Waals surface area (Å²) in [6.07, 6.45) is 0.627. The van der Waals surface area contributed by atoms with Crippen LogP contribution in [0, 0.1) is 0 Å². The molecule has 5 heteroatoms. The maximum absolute atomic E-state index is 11.9. The van der Waals surface area contributed by atoms with E-state index in [-0.39, 0.29) is 11.9 Å². The van der Waals surface area contributed by atoms with Gasteiger partial charge in [-0.1, -0.05) is 24.3 Å². The fourth-order valence-corrected chi connectivity index (χ4v) is 2.12. The minimum atomic E-state index is -1.26. The summed E-state index contributed by atoms with van der Waals surface area (Å²) in [5.41, 5.74) is 2.38. The molecule has 1 aliphatic heterocycles. The molecule has 0 aromatic heterocycles. The number of carboxylic acid groups (broad SMARTS) is 1. The summed E-state index contributed by atoms with van der Waals surface area (Å²) in [6, 6.07) is 6.76. The second-order valence-corrected chi connectivity index (χ2v) is 4.57. The summed E-state index contributed by atoms with van der Waals surface area (Å²) in [5.74, 6) is -1.51. The molecule has 2 rings (SSSR count). The second kappa shape index (κ2) is 5.18. The molecular weight excluding hydrogens is 232 g/mol. The molecule has 1 amide bonds. The van der Waals surface area contributed by atoms with Gasteiger partial charge in [0, 0.05) is 12.0 Å². The van der Waals surface area contributed by atoms with Gasteiger partial charge in [0.25, 0.3) is 5.91 Å². The molecule has 5 nitrogen and oxygen atoms in total. The molecule has 18 heavy (non-hydrogen) atoms. The lowest BCUT2D eigenvalue weighted by molar-refractivity contribution is -0.695. The van der Waals surface area contributed by atoms with Gasteiger partial charge in [-0.25, -0.2) is 0 Å². The number of carboxylic acids is 1. The van der Waals surface area contributed by atoms with Crippen molar-refractivity contribution < 1.29 is 20.0 Å². The first-order valence-electron chi connectivity index (χ1n) is 5.99. The zero-order valence-corrected chi connectivity index (χ0v) is 10.2. The molecule has 1 aliphatic rings. The van der Waals surface area contributed by atoms with Crippen LogP contribution in [-0.4, -0.2) is 24.0 Å². The number of quaternary nitrogens is 1. The Labute approximate surface area is 105 Å². The number of nitrogens with one attached hydrogen (secondary N) is 1. The van der Waals surface area contributed by atoms with Crippen molar-refractivity contribution in [2.75, 3.05) is 0 Å².